The van der Waals surface area contributed by atoms with Gasteiger partial charge in [0, 0.05) is 29.1 Å². The number of benzene rings is 1. The van der Waals surface area contributed by atoms with Gasteiger partial charge in [-0.05, 0) is 62.8 Å². The zero-order valence-electron chi connectivity index (χ0n) is 14.3. The molecular formula is C19H26N2O3. The van der Waals surface area contributed by atoms with Crippen LogP contribution in [0.15, 0.2) is 18.2 Å². The van der Waals surface area contributed by atoms with Gasteiger partial charge in [-0.3, -0.25) is 4.79 Å². The number of carbonyl (C=O) groups is 1. The van der Waals surface area contributed by atoms with Gasteiger partial charge < -0.3 is 20.2 Å². The molecule has 0 bridgehead atoms. The Morgan fingerprint density at radius 3 is 3.08 bits per heavy atom. The summed E-state index contributed by atoms with van der Waals surface area (Å²) in [4.78, 5) is 14.8. The van der Waals surface area contributed by atoms with Crippen molar-refractivity contribution in [3.8, 4) is 5.75 Å². The topological polar surface area (TPSA) is 77.3 Å². The molecule has 1 aromatic carbocycles. The molecule has 0 fully saturated rings. The van der Waals surface area contributed by atoms with Gasteiger partial charge in [0.25, 0.3) is 0 Å². The Morgan fingerprint density at radius 1 is 1.38 bits per heavy atom. The minimum absolute atomic E-state index is 0.130. The van der Waals surface area contributed by atoms with E-state index in [9.17, 15) is 4.79 Å². The van der Waals surface area contributed by atoms with E-state index in [1.165, 1.54) is 16.6 Å². The lowest BCUT2D eigenvalue weighted by atomic mass is 9.92. The second-order valence-corrected chi connectivity index (χ2v) is 6.40. The molecule has 24 heavy (non-hydrogen) atoms. The monoisotopic (exact) mass is 330 g/mol. The molecule has 0 spiro atoms. The Morgan fingerprint density at radius 2 is 2.25 bits per heavy atom. The summed E-state index contributed by atoms with van der Waals surface area (Å²) in [5, 5.41) is 1.23. The second-order valence-electron chi connectivity index (χ2n) is 6.40. The van der Waals surface area contributed by atoms with Crippen LogP contribution in [-0.4, -0.2) is 30.2 Å². The van der Waals surface area contributed by atoms with Crippen LogP contribution in [0.2, 0.25) is 0 Å². The van der Waals surface area contributed by atoms with Gasteiger partial charge >= 0.3 is 5.97 Å². The van der Waals surface area contributed by atoms with Crippen LogP contribution in [0.5, 0.6) is 5.75 Å². The fourth-order valence-electron chi connectivity index (χ4n) is 3.31. The van der Waals surface area contributed by atoms with Crippen LogP contribution < -0.4 is 10.5 Å². The highest BCUT2D eigenvalue weighted by atomic mass is 16.5. The van der Waals surface area contributed by atoms with Gasteiger partial charge in [0.15, 0.2) is 0 Å². The number of unbranched alkanes of at least 4 members (excludes halogenated alkanes) is 1. The summed E-state index contributed by atoms with van der Waals surface area (Å²) >= 11 is 0. The Balaban J connectivity index is 1.56. The highest BCUT2D eigenvalue weighted by Crippen LogP contribution is 2.31. The van der Waals surface area contributed by atoms with Crippen LogP contribution in [0.4, 0.5) is 0 Å². The zero-order valence-corrected chi connectivity index (χ0v) is 14.3. The highest BCUT2D eigenvalue weighted by molar-refractivity contribution is 5.86. The fraction of sp³-hybridized carbons (Fsp3) is 0.526. The molecule has 1 atom stereocenters. The molecule has 3 rings (SSSR count). The van der Waals surface area contributed by atoms with Crippen molar-refractivity contribution >= 4 is 16.9 Å². The summed E-state index contributed by atoms with van der Waals surface area (Å²) in [5.74, 6) is 0.744. The van der Waals surface area contributed by atoms with Crippen LogP contribution in [0.3, 0.4) is 0 Å². The first-order valence-electron chi connectivity index (χ1n) is 8.85. The lowest BCUT2D eigenvalue weighted by molar-refractivity contribution is -0.143. The Labute approximate surface area is 142 Å². The van der Waals surface area contributed by atoms with E-state index in [1.54, 1.807) is 0 Å². The van der Waals surface area contributed by atoms with E-state index in [0.29, 0.717) is 19.6 Å². The van der Waals surface area contributed by atoms with Gasteiger partial charge in [0.1, 0.15) is 5.75 Å². The molecule has 3 N–H and O–H groups in total. The number of aromatic amines is 1. The smallest absolute Gasteiger partial charge is 0.305 e. The Bertz CT molecular complexity index is 708. The second kappa shape index (κ2) is 7.71. The van der Waals surface area contributed by atoms with Gasteiger partial charge in [0.05, 0.1) is 13.2 Å². The largest absolute Gasteiger partial charge is 0.494 e. The number of esters is 1. The summed E-state index contributed by atoms with van der Waals surface area (Å²) < 4.78 is 10.8. The summed E-state index contributed by atoms with van der Waals surface area (Å²) in [7, 11) is 0. The first-order chi connectivity index (χ1) is 11.7. The van der Waals surface area contributed by atoms with E-state index >= 15 is 0 Å². The van der Waals surface area contributed by atoms with Gasteiger partial charge in [-0.15, -0.1) is 0 Å². The lowest BCUT2D eigenvalue weighted by Crippen LogP contribution is -2.27. The van der Waals surface area contributed by atoms with Crippen LogP contribution in [0.1, 0.15) is 43.9 Å². The van der Waals surface area contributed by atoms with Crippen molar-refractivity contribution in [1.82, 2.24) is 4.98 Å². The summed E-state index contributed by atoms with van der Waals surface area (Å²) in [6.07, 6.45) is 5.08. The first-order valence-corrected chi connectivity index (χ1v) is 8.85. The lowest BCUT2D eigenvalue weighted by Gasteiger charge is -2.18. The average molecular weight is 330 g/mol. The number of nitrogens with one attached hydrogen (secondary N) is 1. The molecule has 1 aromatic heterocycles. The molecule has 2 aromatic rings. The van der Waals surface area contributed by atoms with Crippen LogP contribution >= 0.6 is 0 Å². The van der Waals surface area contributed by atoms with Crippen molar-refractivity contribution in [3.63, 3.8) is 0 Å². The number of nitrogens with two attached hydrogens (primary N) is 1. The molecule has 5 nitrogen and oxygen atoms in total. The summed E-state index contributed by atoms with van der Waals surface area (Å²) in [5.41, 5.74) is 9.93. The van der Waals surface area contributed by atoms with E-state index in [-0.39, 0.29) is 12.0 Å². The van der Waals surface area contributed by atoms with Crippen LogP contribution in [0.25, 0.3) is 10.9 Å². The molecule has 1 aliphatic carbocycles. The standard InChI is InChI=1S/C19H26N2O3/c1-2-23-19(22)5-3-4-10-24-14-7-9-18-16(12-14)15-11-13(20)6-8-17(15)21-18/h7,9,12-13,21H,2-6,8,10-11,20H2,1H3/t13-/m1/s1. The van der Waals surface area contributed by atoms with E-state index < -0.39 is 0 Å². The van der Waals surface area contributed by atoms with Crippen molar-refractivity contribution in [1.29, 1.82) is 0 Å². The number of aromatic nitrogens is 1. The van der Waals surface area contributed by atoms with E-state index in [4.69, 9.17) is 15.2 Å². The SMILES string of the molecule is CCOC(=O)CCCCOc1ccc2[nH]c3c(c2c1)C[C@H](N)CC3. The molecule has 1 heterocycles. The number of rotatable bonds is 7. The van der Waals surface area contributed by atoms with Crippen molar-refractivity contribution in [3.05, 3.63) is 29.5 Å². The van der Waals surface area contributed by atoms with Gasteiger partial charge in [0.2, 0.25) is 0 Å². The number of hydrogen-bond acceptors (Lipinski definition) is 4. The highest BCUT2D eigenvalue weighted by Gasteiger charge is 2.20. The van der Waals surface area contributed by atoms with E-state index in [1.807, 2.05) is 13.0 Å². The molecule has 0 aliphatic heterocycles. The predicted octanol–water partition coefficient (Wildman–Crippen LogP) is 3.10. The van der Waals surface area contributed by atoms with Gasteiger partial charge in [-0.2, -0.15) is 0 Å². The molecule has 1 aliphatic rings. The molecule has 130 valence electrons. The predicted molar refractivity (Wildman–Crippen MR) is 94.3 cm³/mol. The van der Waals surface area contributed by atoms with Gasteiger partial charge in [-0.25, -0.2) is 0 Å². The van der Waals surface area contributed by atoms with Crippen molar-refractivity contribution in [2.24, 2.45) is 5.73 Å². The van der Waals surface area contributed by atoms with Crippen LogP contribution in [0, 0.1) is 0 Å². The minimum Gasteiger partial charge on any atom is -0.494 e. The molecule has 0 saturated heterocycles. The Kier molecular flexibility index (Phi) is 5.41. The molecule has 0 saturated carbocycles. The number of H-pyrrole nitrogens is 1. The average Bonchev–Trinajstić information content (AvgIpc) is 2.92. The third kappa shape index (κ3) is 3.90. The molecule has 0 radical (unpaired) electrons. The van der Waals surface area contributed by atoms with Crippen molar-refractivity contribution in [2.45, 2.75) is 51.5 Å². The fourth-order valence-corrected chi connectivity index (χ4v) is 3.31. The van der Waals surface area contributed by atoms with E-state index in [2.05, 4.69) is 17.1 Å². The number of hydrogen-bond donors (Lipinski definition) is 2. The van der Waals surface area contributed by atoms with Gasteiger partial charge in [-0.1, -0.05) is 0 Å². The molecule has 5 heteroatoms. The number of carbonyl (C=O) groups excluding carboxylic acids is 1. The number of aryl methyl sites for hydroxylation is 1. The van der Waals surface area contributed by atoms with Crippen molar-refractivity contribution in [2.75, 3.05) is 13.2 Å². The van der Waals surface area contributed by atoms with E-state index in [0.717, 1.165) is 43.4 Å². The maximum absolute atomic E-state index is 11.3. The number of ether oxygens (including phenoxy) is 2. The maximum Gasteiger partial charge on any atom is 0.305 e. The zero-order chi connectivity index (χ0) is 16.9. The number of fused-ring (bicyclic) bond motifs is 3. The minimum atomic E-state index is -0.130. The van der Waals surface area contributed by atoms with Crippen LogP contribution in [-0.2, 0) is 22.4 Å². The summed E-state index contributed by atoms with van der Waals surface area (Å²) in [6.45, 7) is 2.88. The summed E-state index contributed by atoms with van der Waals surface area (Å²) in [6, 6.07) is 6.43. The quantitative estimate of drug-likeness (QED) is 0.604. The molecular weight excluding hydrogens is 304 g/mol. The first kappa shape index (κ1) is 16.8. The maximum atomic E-state index is 11.3. The normalized spacial score (nSPS) is 16.8. The third-order valence-corrected chi connectivity index (χ3v) is 4.55. The Hall–Kier alpha value is -2.01. The molecule has 0 amide bonds. The molecule has 0 unspecified atom stereocenters. The third-order valence-electron chi connectivity index (χ3n) is 4.55. The van der Waals surface area contributed by atoms with Crippen molar-refractivity contribution < 1.29 is 14.3 Å².